The molecule has 0 saturated carbocycles. The van der Waals surface area contributed by atoms with Crippen molar-refractivity contribution in [1.29, 1.82) is 0 Å². The number of aryl methyl sites for hydroxylation is 1. The van der Waals surface area contributed by atoms with E-state index in [2.05, 4.69) is 90.8 Å². The summed E-state index contributed by atoms with van der Waals surface area (Å²) in [4.78, 5) is 9.45. The number of hydrogen-bond donors (Lipinski definition) is 4. The Morgan fingerprint density at radius 2 is 1.42 bits per heavy atom. The third-order valence-electron chi connectivity index (χ3n) is 9.75. The molecule has 2 aromatic heterocycles. The lowest BCUT2D eigenvalue weighted by atomic mass is 9.99. The van der Waals surface area contributed by atoms with Gasteiger partial charge in [-0.25, -0.2) is 23.1 Å². The normalized spacial score (nSPS) is 11.8. The topological polar surface area (TPSA) is 87.9 Å². The summed E-state index contributed by atoms with van der Waals surface area (Å²) in [6.07, 6.45) is 11.9. The van der Waals surface area contributed by atoms with Crippen LogP contribution in [0.25, 0.3) is 42.7 Å². The molecule has 338 valence electrons. The highest BCUT2D eigenvalue weighted by molar-refractivity contribution is 7.21. The van der Waals surface area contributed by atoms with Crippen LogP contribution in [0.1, 0.15) is 73.4 Å². The van der Waals surface area contributed by atoms with Crippen molar-refractivity contribution in [1.82, 2.24) is 9.97 Å². The van der Waals surface area contributed by atoms with E-state index in [9.17, 15) is 13.2 Å². The van der Waals surface area contributed by atoms with Crippen LogP contribution in [0.3, 0.4) is 0 Å². The van der Waals surface area contributed by atoms with Gasteiger partial charge in [-0.1, -0.05) is 101 Å². The minimum atomic E-state index is -3.09. The predicted molar refractivity (Wildman–Crippen MR) is 276 cm³/mol. The number of aromatic nitrogens is 2. The van der Waals surface area contributed by atoms with E-state index in [0.29, 0.717) is 5.69 Å². The Hall–Kier alpha value is -6.91. The zero-order valence-electron chi connectivity index (χ0n) is 39.1. The Labute approximate surface area is 387 Å². The lowest BCUT2D eigenvalue weighted by molar-refractivity contribution is 0.0175. The lowest BCUT2D eigenvalue weighted by Crippen LogP contribution is -2.12. The van der Waals surface area contributed by atoms with E-state index < -0.39 is 11.7 Å². The van der Waals surface area contributed by atoms with Crippen LogP contribution in [0.15, 0.2) is 175 Å². The molecule has 0 radical (unpaired) electrons. The van der Waals surface area contributed by atoms with Gasteiger partial charge in [0.25, 0.3) is 5.92 Å². The number of nitrogens with zero attached hydrogens (tertiary/aromatic N) is 2. The van der Waals surface area contributed by atoms with Gasteiger partial charge < -0.3 is 21.7 Å². The van der Waals surface area contributed by atoms with Crippen LogP contribution in [-0.2, 0) is 5.92 Å². The van der Waals surface area contributed by atoms with Gasteiger partial charge in [0, 0.05) is 46.7 Å². The number of pyridine rings is 1. The average molecular weight is 895 g/mol. The number of fused-ring (bicyclic) bond motifs is 2. The molecule has 0 amide bonds. The zero-order valence-corrected chi connectivity index (χ0v) is 39.9. The van der Waals surface area contributed by atoms with Gasteiger partial charge in [-0.3, -0.25) is 0 Å². The standard InChI is InChI=1S/C39H30F3N5S.C12H19N.2C2H6/c1-23-7-18-34-36(21-23)48-38(47-34)26-10-15-29(16-11-26)46-37-32-6-4-5-30(31(32)19-20-43-37)25-8-13-28(14-9-25)44-24(2)45-35-22-27(39(3,41)42)12-17-33(35)40;1-5-6-7-10(2)11(3)8-9-12(4)13;2*1-2/h4-22,44-45H,2H2,1,3H3,(H,43,46);5-9H,13H2,1-4H3;2*1-2H3/b;6-5-,10-7+,11-8+,12-9+;;. The molecule has 10 heteroatoms. The van der Waals surface area contributed by atoms with Crippen LogP contribution in [0, 0.1) is 12.7 Å². The fourth-order valence-corrected chi connectivity index (χ4v) is 7.37. The predicted octanol–water partition coefficient (Wildman–Crippen LogP) is 16.8. The van der Waals surface area contributed by atoms with Crippen molar-refractivity contribution in [3.63, 3.8) is 0 Å². The van der Waals surface area contributed by atoms with Crippen molar-refractivity contribution in [3.05, 3.63) is 192 Å². The summed E-state index contributed by atoms with van der Waals surface area (Å²) >= 11 is 1.69. The molecule has 0 aliphatic carbocycles. The van der Waals surface area contributed by atoms with Crippen LogP contribution in [0.2, 0.25) is 0 Å². The van der Waals surface area contributed by atoms with Crippen LogP contribution in [0.5, 0.6) is 0 Å². The Morgan fingerprint density at radius 1 is 0.754 bits per heavy atom. The first-order valence-electron chi connectivity index (χ1n) is 21.7. The van der Waals surface area contributed by atoms with E-state index >= 15 is 0 Å². The number of alkyl halides is 2. The highest BCUT2D eigenvalue weighted by atomic mass is 32.1. The van der Waals surface area contributed by atoms with Crippen LogP contribution >= 0.6 is 11.3 Å². The summed E-state index contributed by atoms with van der Waals surface area (Å²) in [7, 11) is 0. The van der Waals surface area contributed by atoms with E-state index in [1.807, 2.05) is 120 Å². The molecule has 5 N–H and O–H groups in total. The van der Waals surface area contributed by atoms with Crippen molar-refractivity contribution in [3.8, 4) is 21.7 Å². The molecule has 0 unspecified atom stereocenters. The number of allylic oxidation sites excluding steroid dienone is 8. The zero-order chi connectivity index (χ0) is 47.7. The van der Waals surface area contributed by atoms with Gasteiger partial charge in [0.05, 0.1) is 15.9 Å². The second-order valence-corrected chi connectivity index (χ2v) is 15.8. The third-order valence-corrected chi connectivity index (χ3v) is 10.8. The first kappa shape index (κ1) is 50.7. The van der Waals surface area contributed by atoms with E-state index in [4.69, 9.17) is 10.7 Å². The minimum Gasteiger partial charge on any atom is -0.402 e. The molecule has 7 aromatic rings. The molecule has 2 heterocycles. The van der Waals surface area contributed by atoms with Crippen molar-refractivity contribution < 1.29 is 13.2 Å². The molecule has 0 spiro atoms. The number of nitrogens with one attached hydrogen (secondary N) is 3. The molecule has 65 heavy (non-hydrogen) atoms. The van der Waals surface area contributed by atoms with Gasteiger partial charge in [-0.15, -0.1) is 11.3 Å². The average Bonchev–Trinajstić information content (AvgIpc) is 3.73. The van der Waals surface area contributed by atoms with E-state index in [1.165, 1.54) is 21.4 Å². The number of hydrogen-bond acceptors (Lipinski definition) is 7. The third kappa shape index (κ3) is 14.3. The number of rotatable bonds is 12. The minimum absolute atomic E-state index is 0.0869. The van der Waals surface area contributed by atoms with Crippen molar-refractivity contribution in [2.45, 2.75) is 75.2 Å². The number of halogens is 3. The molecule has 0 bridgehead atoms. The second kappa shape index (κ2) is 24.2. The molecular weight excluding hydrogens is 834 g/mol. The Balaban J connectivity index is 0.000000468. The fourth-order valence-electron chi connectivity index (χ4n) is 6.30. The second-order valence-electron chi connectivity index (χ2n) is 14.8. The molecule has 0 fully saturated rings. The molecular formula is C55H61F3N6S. The van der Waals surface area contributed by atoms with Gasteiger partial charge in [0.1, 0.15) is 22.5 Å². The van der Waals surface area contributed by atoms with Crippen LogP contribution in [-0.4, -0.2) is 9.97 Å². The molecule has 0 atom stereocenters. The van der Waals surface area contributed by atoms with Gasteiger partial charge in [-0.2, -0.15) is 0 Å². The van der Waals surface area contributed by atoms with Crippen LogP contribution < -0.4 is 21.7 Å². The van der Waals surface area contributed by atoms with Crippen LogP contribution in [0.4, 0.5) is 36.1 Å². The Morgan fingerprint density at radius 3 is 2.08 bits per heavy atom. The summed E-state index contributed by atoms with van der Waals surface area (Å²) < 4.78 is 43.0. The van der Waals surface area contributed by atoms with E-state index in [0.717, 1.165) is 80.3 Å². The van der Waals surface area contributed by atoms with Crippen molar-refractivity contribution in [2.75, 3.05) is 16.0 Å². The lowest BCUT2D eigenvalue weighted by Gasteiger charge is -2.16. The van der Waals surface area contributed by atoms with Gasteiger partial charge in [-0.05, 0) is 141 Å². The highest BCUT2D eigenvalue weighted by Gasteiger charge is 2.25. The number of thiazole rings is 1. The number of nitrogens with two attached hydrogens (primary N) is 1. The molecule has 6 nitrogen and oxygen atoms in total. The summed E-state index contributed by atoms with van der Waals surface area (Å²) in [5.41, 5.74) is 15.4. The maximum Gasteiger partial charge on any atom is 0.270 e. The monoisotopic (exact) mass is 894 g/mol. The fraction of sp³-hybridized carbons (Fsp3) is 0.200. The molecule has 0 aliphatic rings. The largest absolute Gasteiger partial charge is 0.402 e. The SMILES string of the molecule is C=C(Nc1ccc(-c2cccc3c(Nc4ccc(-c5nc6ccc(C)cc6s5)cc4)nccc23)cc1)Nc1cc(C(C)(F)F)ccc1F.CC.CC.C\C=C/C=C(C)/C(C)=C/C=C(\C)N. The van der Waals surface area contributed by atoms with Gasteiger partial charge in [0.2, 0.25) is 0 Å². The number of anilines is 4. The number of benzene rings is 5. The molecule has 5 aromatic carbocycles. The Bertz CT molecular complexity index is 2790. The Kier molecular flexibility index (Phi) is 18.9. The van der Waals surface area contributed by atoms with Gasteiger partial charge in [0.15, 0.2) is 0 Å². The molecule has 0 saturated heterocycles. The quantitative estimate of drug-likeness (QED) is 0.0914. The van der Waals surface area contributed by atoms with E-state index in [-0.39, 0.29) is 17.1 Å². The maximum atomic E-state index is 14.3. The summed E-state index contributed by atoms with van der Waals surface area (Å²) in [5, 5.41) is 12.3. The summed E-state index contributed by atoms with van der Waals surface area (Å²) in [6.45, 7) is 22.8. The summed E-state index contributed by atoms with van der Waals surface area (Å²) in [6, 6.07) is 33.5. The molecule has 7 rings (SSSR count). The van der Waals surface area contributed by atoms with E-state index in [1.54, 1.807) is 17.5 Å². The maximum absolute atomic E-state index is 14.3. The summed E-state index contributed by atoms with van der Waals surface area (Å²) in [5.74, 6) is -2.76. The van der Waals surface area contributed by atoms with Gasteiger partial charge >= 0.3 is 0 Å². The smallest absolute Gasteiger partial charge is 0.270 e. The van der Waals surface area contributed by atoms with Crippen molar-refractivity contribution >= 4 is 55.2 Å². The first-order valence-corrected chi connectivity index (χ1v) is 22.5. The molecule has 0 aliphatic heterocycles. The van der Waals surface area contributed by atoms with Crippen molar-refractivity contribution in [2.24, 2.45) is 5.73 Å². The first-order chi connectivity index (χ1) is 31.2. The highest BCUT2D eigenvalue weighted by Crippen LogP contribution is 2.35.